The fourth-order valence-corrected chi connectivity index (χ4v) is 3.19. The second-order valence-corrected chi connectivity index (χ2v) is 8.15. The van der Waals surface area contributed by atoms with Crippen LogP contribution in [0.4, 0.5) is 0 Å². The van der Waals surface area contributed by atoms with Crippen LogP contribution in [-0.4, -0.2) is 44.6 Å². The number of carbonyl (C=O) groups excluding carboxylic acids is 1. The summed E-state index contributed by atoms with van der Waals surface area (Å²) in [6.45, 7) is 4.46. The Hall–Kier alpha value is -1.11. The number of amides is 1. The molecule has 0 aliphatic heterocycles. The monoisotopic (exact) mass is 346 g/mol. The van der Waals surface area contributed by atoms with Crippen molar-refractivity contribution < 1.29 is 13.2 Å². The van der Waals surface area contributed by atoms with Crippen LogP contribution < -0.4 is 5.73 Å². The van der Waals surface area contributed by atoms with E-state index in [2.05, 4.69) is 0 Å². The Kier molecular flexibility index (Phi) is 6.84. The van der Waals surface area contributed by atoms with E-state index in [-0.39, 0.29) is 10.9 Å². The van der Waals surface area contributed by atoms with Crippen molar-refractivity contribution in [1.29, 1.82) is 0 Å². The minimum Gasteiger partial charge on any atom is -0.345 e. The summed E-state index contributed by atoms with van der Waals surface area (Å²) < 4.78 is 24.4. The summed E-state index contributed by atoms with van der Waals surface area (Å²) in [4.78, 5) is 13.6. The Bertz CT molecular complexity index is 600. The molecule has 1 aromatic rings. The Balaban J connectivity index is 2.64. The molecule has 0 spiro atoms. The predicted octanol–water partition coefficient (Wildman–Crippen LogP) is 1.95. The third-order valence-electron chi connectivity index (χ3n) is 3.57. The predicted molar refractivity (Wildman–Crippen MR) is 88.6 cm³/mol. The Labute approximate surface area is 137 Å². The Morgan fingerprint density at radius 3 is 2.32 bits per heavy atom. The number of rotatable bonds is 7. The lowest BCUT2D eigenvalue weighted by Gasteiger charge is -2.21. The van der Waals surface area contributed by atoms with Crippen molar-refractivity contribution >= 4 is 27.3 Å². The van der Waals surface area contributed by atoms with Gasteiger partial charge in [-0.3, -0.25) is 4.79 Å². The van der Waals surface area contributed by atoms with Crippen molar-refractivity contribution in [2.75, 3.05) is 19.3 Å². The number of hydrogen-bond donors (Lipinski definition) is 1. The minimum absolute atomic E-state index is 0.0110. The molecular formula is C15H23ClN2O3S. The molecule has 0 aliphatic carbocycles. The van der Waals surface area contributed by atoms with E-state index < -0.39 is 21.5 Å². The van der Waals surface area contributed by atoms with Gasteiger partial charge in [0, 0.05) is 24.7 Å². The van der Waals surface area contributed by atoms with Gasteiger partial charge in [-0.2, -0.15) is 0 Å². The molecule has 7 heteroatoms. The zero-order valence-electron chi connectivity index (χ0n) is 13.1. The van der Waals surface area contributed by atoms with Crippen LogP contribution in [0.3, 0.4) is 0 Å². The third kappa shape index (κ3) is 5.59. The van der Waals surface area contributed by atoms with Crippen LogP contribution in [0.5, 0.6) is 0 Å². The largest absolute Gasteiger partial charge is 0.345 e. The van der Waals surface area contributed by atoms with Gasteiger partial charge < -0.3 is 10.6 Å². The molecule has 1 aromatic carbocycles. The Morgan fingerprint density at radius 2 is 1.82 bits per heavy atom. The number of sulfone groups is 1. The molecule has 1 rings (SSSR count). The highest BCUT2D eigenvalue weighted by atomic mass is 35.5. The van der Waals surface area contributed by atoms with Crippen LogP contribution in [0.1, 0.15) is 20.3 Å². The summed E-state index contributed by atoms with van der Waals surface area (Å²) in [7, 11) is -2.07. The average Bonchev–Trinajstić information content (AvgIpc) is 2.44. The molecule has 22 heavy (non-hydrogen) atoms. The zero-order valence-corrected chi connectivity index (χ0v) is 14.7. The molecule has 0 fully saturated rings. The van der Waals surface area contributed by atoms with E-state index in [9.17, 15) is 13.2 Å². The molecule has 124 valence electrons. The smallest absolute Gasteiger partial charge is 0.237 e. The normalized spacial score (nSPS) is 13.2. The van der Waals surface area contributed by atoms with E-state index in [1.807, 2.05) is 13.8 Å². The van der Waals surface area contributed by atoms with Gasteiger partial charge in [-0.25, -0.2) is 8.42 Å². The van der Waals surface area contributed by atoms with E-state index in [1.54, 1.807) is 7.05 Å². The molecule has 0 aliphatic rings. The van der Waals surface area contributed by atoms with Gasteiger partial charge in [-0.05, 0) is 36.6 Å². The molecule has 2 N–H and O–H groups in total. The number of halogens is 1. The molecule has 0 bridgehead atoms. The van der Waals surface area contributed by atoms with Gasteiger partial charge in [0.15, 0.2) is 9.84 Å². The van der Waals surface area contributed by atoms with Crippen LogP contribution in [0, 0.1) is 5.92 Å². The van der Waals surface area contributed by atoms with Crippen LogP contribution in [0.25, 0.3) is 0 Å². The molecule has 0 saturated carbocycles. The SMILES string of the molecule is CC(C)C(N)CCN(C)C(=O)CS(=O)(=O)c1ccc(Cl)cc1. The first-order valence-corrected chi connectivity index (χ1v) is 9.14. The molecule has 0 aromatic heterocycles. The van der Waals surface area contributed by atoms with Crippen molar-refractivity contribution in [1.82, 2.24) is 4.90 Å². The van der Waals surface area contributed by atoms with Crippen LogP contribution in [0.15, 0.2) is 29.2 Å². The summed E-state index contributed by atoms with van der Waals surface area (Å²) in [5.41, 5.74) is 5.93. The summed E-state index contributed by atoms with van der Waals surface area (Å²) in [6.07, 6.45) is 0.640. The summed E-state index contributed by atoms with van der Waals surface area (Å²) in [5.74, 6) is -0.672. The van der Waals surface area contributed by atoms with Gasteiger partial charge >= 0.3 is 0 Å². The fraction of sp³-hybridized carbons (Fsp3) is 0.533. The van der Waals surface area contributed by atoms with Crippen molar-refractivity contribution in [3.8, 4) is 0 Å². The number of hydrogen-bond acceptors (Lipinski definition) is 4. The first kappa shape index (κ1) is 18.9. The van der Waals surface area contributed by atoms with Gasteiger partial charge in [-0.1, -0.05) is 25.4 Å². The van der Waals surface area contributed by atoms with Crippen LogP contribution in [-0.2, 0) is 14.6 Å². The number of nitrogens with two attached hydrogens (primary N) is 1. The first-order valence-electron chi connectivity index (χ1n) is 7.11. The van der Waals surface area contributed by atoms with Gasteiger partial charge in [0.2, 0.25) is 5.91 Å². The highest BCUT2D eigenvalue weighted by molar-refractivity contribution is 7.92. The van der Waals surface area contributed by atoms with Gasteiger partial charge in [-0.15, -0.1) is 0 Å². The van der Waals surface area contributed by atoms with Gasteiger partial charge in [0.1, 0.15) is 5.75 Å². The maximum absolute atomic E-state index is 12.2. The molecule has 0 heterocycles. The van der Waals surface area contributed by atoms with E-state index >= 15 is 0 Å². The topological polar surface area (TPSA) is 80.5 Å². The Morgan fingerprint density at radius 1 is 1.27 bits per heavy atom. The van der Waals surface area contributed by atoms with Gasteiger partial charge in [0.25, 0.3) is 0 Å². The quantitative estimate of drug-likeness (QED) is 0.818. The maximum Gasteiger partial charge on any atom is 0.237 e. The lowest BCUT2D eigenvalue weighted by atomic mass is 10.0. The molecule has 1 amide bonds. The lowest BCUT2D eigenvalue weighted by Crippen LogP contribution is -2.37. The number of benzene rings is 1. The summed E-state index contributed by atoms with van der Waals surface area (Å²) in [5, 5.41) is 0.449. The highest BCUT2D eigenvalue weighted by Gasteiger charge is 2.22. The first-order chi connectivity index (χ1) is 10.1. The van der Waals surface area contributed by atoms with E-state index in [4.69, 9.17) is 17.3 Å². The van der Waals surface area contributed by atoms with Gasteiger partial charge in [0.05, 0.1) is 4.90 Å². The van der Waals surface area contributed by atoms with E-state index in [0.717, 1.165) is 0 Å². The molecule has 0 saturated heterocycles. The zero-order chi connectivity index (χ0) is 16.9. The minimum atomic E-state index is -3.66. The molecule has 5 nitrogen and oxygen atoms in total. The average molecular weight is 347 g/mol. The van der Waals surface area contributed by atoms with E-state index in [0.29, 0.717) is 23.9 Å². The number of nitrogens with zero attached hydrogens (tertiary/aromatic N) is 1. The summed E-state index contributed by atoms with van der Waals surface area (Å²) >= 11 is 5.73. The van der Waals surface area contributed by atoms with E-state index in [1.165, 1.54) is 29.2 Å². The number of carbonyl (C=O) groups is 1. The van der Waals surface area contributed by atoms with Crippen molar-refractivity contribution in [2.45, 2.75) is 31.2 Å². The second-order valence-electron chi connectivity index (χ2n) is 5.72. The third-order valence-corrected chi connectivity index (χ3v) is 5.44. The molecule has 1 atom stereocenters. The fourth-order valence-electron chi connectivity index (χ4n) is 1.80. The molecule has 1 unspecified atom stereocenters. The maximum atomic E-state index is 12.2. The van der Waals surface area contributed by atoms with Crippen molar-refractivity contribution in [2.24, 2.45) is 11.7 Å². The lowest BCUT2D eigenvalue weighted by molar-refractivity contribution is -0.127. The molecule has 0 radical (unpaired) electrons. The second kappa shape index (κ2) is 7.94. The van der Waals surface area contributed by atoms with Crippen LogP contribution >= 0.6 is 11.6 Å². The standard InChI is InChI=1S/C15H23ClN2O3S/c1-11(2)14(17)8-9-18(3)15(19)10-22(20,21)13-6-4-12(16)5-7-13/h4-7,11,14H,8-10,17H2,1-3H3. The van der Waals surface area contributed by atoms with Crippen molar-refractivity contribution in [3.63, 3.8) is 0 Å². The molecular weight excluding hydrogens is 324 g/mol. The summed E-state index contributed by atoms with van der Waals surface area (Å²) in [6, 6.07) is 5.77. The highest BCUT2D eigenvalue weighted by Crippen LogP contribution is 2.16. The van der Waals surface area contributed by atoms with Crippen molar-refractivity contribution in [3.05, 3.63) is 29.3 Å². The van der Waals surface area contributed by atoms with Crippen LogP contribution in [0.2, 0.25) is 5.02 Å².